The molecular weight excluding hydrogens is 212 g/mol. The van der Waals surface area contributed by atoms with Crippen LogP contribution in [0.5, 0.6) is 0 Å². The third-order valence-electron chi connectivity index (χ3n) is 2.51. The zero-order valence-electron chi connectivity index (χ0n) is 10.3. The molecule has 0 aliphatic rings. The van der Waals surface area contributed by atoms with Crippen molar-refractivity contribution in [1.29, 1.82) is 0 Å². The van der Waals surface area contributed by atoms with Crippen LogP contribution in [0, 0.1) is 6.92 Å². The van der Waals surface area contributed by atoms with E-state index in [1.54, 1.807) is 0 Å². The first-order valence-corrected chi connectivity index (χ1v) is 5.97. The van der Waals surface area contributed by atoms with Crippen LogP contribution in [0.25, 0.3) is 5.69 Å². The van der Waals surface area contributed by atoms with E-state index >= 15 is 0 Å². The van der Waals surface area contributed by atoms with Crippen LogP contribution in [-0.4, -0.2) is 21.3 Å². The van der Waals surface area contributed by atoms with Gasteiger partial charge in [0.2, 0.25) is 0 Å². The second-order valence-electron chi connectivity index (χ2n) is 4.14. The first kappa shape index (κ1) is 11.8. The van der Waals surface area contributed by atoms with Crippen molar-refractivity contribution in [3.63, 3.8) is 0 Å². The zero-order chi connectivity index (χ0) is 12.1. The third-order valence-corrected chi connectivity index (χ3v) is 2.51. The van der Waals surface area contributed by atoms with Crippen molar-refractivity contribution >= 4 is 0 Å². The number of nitrogens with zero attached hydrogens (tertiary/aromatic N) is 3. The molecule has 4 heteroatoms. The fourth-order valence-corrected chi connectivity index (χ4v) is 1.65. The lowest BCUT2D eigenvalue weighted by Crippen LogP contribution is -2.15. The highest BCUT2D eigenvalue weighted by Crippen LogP contribution is 2.08. The van der Waals surface area contributed by atoms with E-state index in [2.05, 4.69) is 28.4 Å². The van der Waals surface area contributed by atoms with Crippen molar-refractivity contribution < 1.29 is 0 Å². The van der Waals surface area contributed by atoms with E-state index in [1.165, 1.54) is 0 Å². The first-order chi connectivity index (χ1) is 8.29. The summed E-state index contributed by atoms with van der Waals surface area (Å²) in [5.41, 5.74) is 3.26. The van der Waals surface area contributed by atoms with Gasteiger partial charge in [-0.15, -0.1) is 0 Å². The van der Waals surface area contributed by atoms with Crippen LogP contribution in [0.1, 0.15) is 24.6 Å². The lowest BCUT2D eigenvalue weighted by atomic mass is 10.3. The lowest BCUT2D eigenvalue weighted by molar-refractivity contribution is 0.663. The van der Waals surface area contributed by atoms with Crippen molar-refractivity contribution in [1.82, 2.24) is 20.1 Å². The molecule has 0 fully saturated rings. The largest absolute Gasteiger partial charge is 0.311 e. The highest BCUT2D eigenvalue weighted by atomic mass is 15.3. The quantitative estimate of drug-likeness (QED) is 0.800. The van der Waals surface area contributed by atoms with Gasteiger partial charge in [0.05, 0.1) is 17.6 Å². The maximum absolute atomic E-state index is 4.34. The highest BCUT2D eigenvalue weighted by Gasteiger charge is 2.00. The molecule has 0 aromatic carbocycles. The van der Waals surface area contributed by atoms with Crippen LogP contribution in [0.4, 0.5) is 0 Å². The van der Waals surface area contributed by atoms with Gasteiger partial charge in [-0.05, 0) is 37.6 Å². The molecule has 17 heavy (non-hydrogen) atoms. The van der Waals surface area contributed by atoms with Crippen LogP contribution >= 0.6 is 0 Å². The van der Waals surface area contributed by atoms with E-state index in [0.29, 0.717) is 0 Å². The standard InChI is InChI=1S/C13H18N4/c1-3-5-14-9-12-7-13(4-6-15-12)17-10-11(2)8-16-17/h4,6-8,10,14H,3,5,9H2,1-2H3. The average Bonchev–Trinajstić information content (AvgIpc) is 2.77. The molecule has 0 radical (unpaired) electrons. The molecule has 0 aliphatic heterocycles. The number of aromatic nitrogens is 3. The Bertz CT molecular complexity index is 476. The Hall–Kier alpha value is -1.68. The first-order valence-electron chi connectivity index (χ1n) is 5.97. The van der Waals surface area contributed by atoms with Crippen molar-refractivity contribution in [3.8, 4) is 5.69 Å². The Kier molecular flexibility index (Phi) is 3.88. The second-order valence-corrected chi connectivity index (χ2v) is 4.14. The van der Waals surface area contributed by atoms with Crippen molar-refractivity contribution in [2.24, 2.45) is 0 Å². The smallest absolute Gasteiger partial charge is 0.0679 e. The SMILES string of the molecule is CCCNCc1cc(-n2cc(C)cn2)ccn1. The van der Waals surface area contributed by atoms with Gasteiger partial charge >= 0.3 is 0 Å². The molecule has 0 spiro atoms. The summed E-state index contributed by atoms with van der Waals surface area (Å²) in [6.07, 6.45) is 6.83. The Morgan fingerprint density at radius 1 is 1.41 bits per heavy atom. The monoisotopic (exact) mass is 230 g/mol. The van der Waals surface area contributed by atoms with E-state index < -0.39 is 0 Å². The fraction of sp³-hybridized carbons (Fsp3) is 0.385. The minimum absolute atomic E-state index is 0.807. The predicted octanol–water partition coefficient (Wildman–Crippen LogP) is 2.08. The fourth-order valence-electron chi connectivity index (χ4n) is 1.65. The van der Waals surface area contributed by atoms with Crippen LogP contribution in [0.15, 0.2) is 30.7 Å². The maximum atomic E-state index is 4.34. The molecule has 4 nitrogen and oxygen atoms in total. The summed E-state index contributed by atoms with van der Waals surface area (Å²) in [5.74, 6) is 0. The van der Waals surface area contributed by atoms with E-state index in [0.717, 1.165) is 36.5 Å². The zero-order valence-corrected chi connectivity index (χ0v) is 10.3. The maximum Gasteiger partial charge on any atom is 0.0679 e. The van der Waals surface area contributed by atoms with Crippen LogP contribution in [-0.2, 0) is 6.54 Å². The summed E-state index contributed by atoms with van der Waals surface area (Å²) < 4.78 is 1.88. The average molecular weight is 230 g/mol. The molecule has 90 valence electrons. The predicted molar refractivity (Wildman–Crippen MR) is 68.1 cm³/mol. The summed E-state index contributed by atoms with van der Waals surface area (Å²) in [5, 5.41) is 7.64. The molecule has 2 rings (SSSR count). The van der Waals surface area contributed by atoms with E-state index in [1.807, 2.05) is 36.3 Å². The minimum Gasteiger partial charge on any atom is -0.311 e. The molecular formula is C13H18N4. The second kappa shape index (κ2) is 5.59. The molecule has 1 N–H and O–H groups in total. The van der Waals surface area contributed by atoms with Gasteiger partial charge in [-0.1, -0.05) is 6.92 Å². The molecule has 0 saturated heterocycles. The Morgan fingerprint density at radius 2 is 2.29 bits per heavy atom. The molecule has 0 bridgehead atoms. The summed E-state index contributed by atoms with van der Waals surface area (Å²) in [7, 11) is 0. The number of hydrogen-bond acceptors (Lipinski definition) is 3. The van der Waals surface area contributed by atoms with Gasteiger partial charge in [-0.25, -0.2) is 4.68 Å². The van der Waals surface area contributed by atoms with Crippen LogP contribution < -0.4 is 5.32 Å². The molecule has 2 heterocycles. The molecule has 0 amide bonds. The normalized spacial score (nSPS) is 10.7. The molecule has 0 saturated carbocycles. The summed E-state index contributed by atoms with van der Waals surface area (Å²) >= 11 is 0. The number of nitrogens with one attached hydrogen (secondary N) is 1. The Morgan fingerprint density at radius 3 is 3.00 bits per heavy atom. The Labute approximate surface area is 102 Å². The van der Waals surface area contributed by atoms with Gasteiger partial charge < -0.3 is 5.32 Å². The van der Waals surface area contributed by atoms with E-state index in [4.69, 9.17) is 0 Å². The van der Waals surface area contributed by atoms with Crippen molar-refractivity contribution in [3.05, 3.63) is 42.0 Å². The minimum atomic E-state index is 0.807. The molecule has 2 aromatic rings. The number of hydrogen-bond donors (Lipinski definition) is 1. The number of aryl methyl sites for hydroxylation is 1. The number of rotatable bonds is 5. The topological polar surface area (TPSA) is 42.7 Å². The van der Waals surface area contributed by atoms with E-state index in [9.17, 15) is 0 Å². The van der Waals surface area contributed by atoms with Crippen LogP contribution in [0.2, 0.25) is 0 Å². The third kappa shape index (κ3) is 3.14. The molecule has 0 atom stereocenters. The summed E-state index contributed by atoms with van der Waals surface area (Å²) in [6.45, 7) is 6.02. The molecule has 2 aromatic heterocycles. The van der Waals surface area contributed by atoms with Crippen LogP contribution in [0.3, 0.4) is 0 Å². The van der Waals surface area contributed by atoms with Gasteiger partial charge in [0.15, 0.2) is 0 Å². The van der Waals surface area contributed by atoms with Gasteiger partial charge in [0.1, 0.15) is 0 Å². The molecule has 0 aliphatic carbocycles. The van der Waals surface area contributed by atoms with Gasteiger partial charge in [0, 0.05) is 18.9 Å². The number of pyridine rings is 1. The summed E-state index contributed by atoms with van der Waals surface area (Å²) in [6, 6.07) is 4.03. The van der Waals surface area contributed by atoms with Gasteiger partial charge in [-0.2, -0.15) is 5.10 Å². The molecule has 0 unspecified atom stereocenters. The van der Waals surface area contributed by atoms with Crippen molar-refractivity contribution in [2.75, 3.05) is 6.54 Å². The van der Waals surface area contributed by atoms with Crippen molar-refractivity contribution in [2.45, 2.75) is 26.8 Å². The van der Waals surface area contributed by atoms with Gasteiger partial charge in [0.25, 0.3) is 0 Å². The lowest BCUT2D eigenvalue weighted by Gasteiger charge is -2.05. The van der Waals surface area contributed by atoms with Gasteiger partial charge in [-0.3, -0.25) is 4.98 Å². The van der Waals surface area contributed by atoms with E-state index in [-0.39, 0.29) is 0 Å². The highest BCUT2D eigenvalue weighted by molar-refractivity contribution is 5.31. The summed E-state index contributed by atoms with van der Waals surface area (Å²) in [4.78, 5) is 4.34. The Balaban J connectivity index is 2.11.